The molecule has 1 aliphatic carbocycles. The molecule has 2 aromatic rings. The van der Waals surface area contributed by atoms with Crippen molar-refractivity contribution in [3.05, 3.63) is 64.7 Å². The van der Waals surface area contributed by atoms with Crippen LogP contribution in [0, 0.1) is 11.3 Å². The smallest absolute Gasteiger partial charge is 0.124 e. The molecule has 0 saturated heterocycles. The van der Waals surface area contributed by atoms with Crippen LogP contribution in [0.1, 0.15) is 28.7 Å². The lowest BCUT2D eigenvalue weighted by molar-refractivity contribution is 0.158. The molecule has 1 unspecified atom stereocenters. The summed E-state index contributed by atoms with van der Waals surface area (Å²) < 4.78 is 5.39. The first-order valence-electron chi connectivity index (χ1n) is 7.74. The van der Waals surface area contributed by atoms with E-state index in [1.54, 1.807) is 19.2 Å². The lowest BCUT2D eigenvalue weighted by atomic mass is 9.92. The topological polar surface area (TPSA) is 65.3 Å². The van der Waals surface area contributed by atoms with Crippen LogP contribution in [0.4, 0.5) is 0 Å². The van der Waals surface area contributed by atoms with E-state index >= 15 is 0 Å². The maximum absolute atomic E-state index is 10.0. The quantitative estimate of drug-likeness (QED) is 0.890. The second-order valence-electron chi connectivity index (χ2n) is 5.89. The monoisotopic (exact) mass is 308 g/mol. The molecule has 0 aliphatic heterocycles. The van der Waals surface area contributed by atoms with Crippen molar-refractivity contribution in [2.75, 3.05) is 13.7 Å². The van der Waals surface area contributed by atoms with Crippen LogP contribution in [-0.4, -0.2) is 18.8 Å². The van der Waals surface area contributed by atoms with Crippen molar-refractivity contribution in [2.24, 2.45) is 0 Å². The third kappa shape index (κ3) is 2.81. The first kappa shape index (κ1) is 15.5. The fraction of sp³-hybridized carbons (Fsp3) is 0.316. The lowest BCUT2D eigenvalue weighted by Crippen LogP contribution is -2.43. The maximum Gasteiger partial charge on any atom is 0.124 e. The maximum atomic E-state index is 10.0. The van der Waals surface area contributed by atoms with Gasteiger partial charge in [-0.25, -0.2) is 0 Å². The Bertz CT molecular complexity index is 751. The molecule has 0 aromatic heterocycles. The molecule has 0 spiro atoms. The molecule has 0 amide bonds. The van der Waals surface area contributed by atoms with Gasteiger partial charge in [0.05, 0.1) is 30.9 Å². The van der Waals surface area contributed by atoms with Gasteiger partial charge in [0.1, 0.15) is 5.75 Å². The van der Waals surface area contributed by atoms with Crippen molar-refractivity contribution in [2.45, 2.75) is 24.9 Å². The number of methoxy groups -OCH3 is 1. The number of benzene rings is 2. The summed E-state index contributed by atoms with van der Waals surface area (Å²) >= 11 is 0. The first-order valence-corrected chi connectivity index (χ1v) is 7.74. The van der Waals surface area contributed by atoms with Crippen molar-refractivity contribution >= 4 is 0 Å². The van der Waals surface area contributed by atoms with Crippen molar-refractivity contribution < 1.29 is 9.84 Å². The van der Waals surface area contributed by atoms with Gasteiger partial charge in [0.15, 0.2) is 0 Å². The van der Waals surface area contributed by atoms with Gasteiger partial charge in [0.2, 0.25) is 0 Å². The second-order valence-corrected chi connectivity index (χ2v) is 5.89. The van der Waals surface area contributed by atoms with Gasteiger partial charge in [0.25, 0.3) is 0 Å². The van der Waals surface area contributed by atoms with Gasteiger partial charge >= 0.3 is 0 Å². The Balaban J connectivity index is 1.84. The lowest BCUT2D eigenvalue weighted by Gasteiger charge is -2.30. The molecule has 118 valence electrons. The molecule has 0 heterocycles. The Morgan fingerprint density at radius 1 is 1.30 bits per heavy atom. The average molecular weight is 308 g/mol. The summed E-state index contributed by atoms with van der Waals surface area (Å²) in [6.07, 6.45) is 1.84. The number of aliphatic hydroxyl groups is 1. The zero-order valence-electron chi connectivity index (χ0n) is 13.2. The second kappa shape index (κ2) is 6.41. The summed E-state index contributed by atoms with van der Waals surface area (Å²) in [6, 6.07) is 15.8. The molecular weight excluding hydrogens is 288 g/mol. The molecule has 2 aromatic carbocycles. The predicted octanol–water partition coefficient (Wildman–Crippen LogP) is 2.49. The summed E-state index contributed by atoms with van der Waals surface area (Å²) in [5.74, 6) is 0.691. The molecule has 0 fully saturated rings. The van der Waals surface area contributed by atoms with Crippen LogP contribution in [0.5, 0.6) is 5.75 Å². The average Bonchev–Trinajstić information content (AvgIpc) is 2.99. The highest BCUT2D eigenvalue weighted by atomic mass is 16.5. The third-order valence-corrected chi connectivity index (χ3v) is 4.66. The van der Waals surface area contributed by atoms with Crippen LogP contribution < -0.4 is 10.1 Å². The van der Waals surface area contributed by atoms with E-state index in [0.29, 0.717) is 17.9 Å². The molecule has 1 atom stereocenters. The minimum atomic E-state index is -0.407. The van der Waals surface area contributed by atoms with Crippen molar-refractivity contribution in [1.29, 1.82) is 5.26 Å². The van der Waals surface area contributed by atoms with E-state index in [9.17, 15) is 5.11 Å². The summed E-state index contributed by atoms with van der Waals surface area (Å²) in [6.45, 7) is 0.631. The van der Waals surface area contributed by atoms with Crippen LogP contribution in [-0.2, 0) is 18.5 Å². The van der Waals surface area contributed by atoms with Crippen LogP contribution in [0.2, 0.25) is 0 Å². The number of ether oxygens (including phenoxy) is 1. The van der Waals surface area contributed by atoms with E-state index < -0.39 is 5.54 Å². The van der Waals surface area contributed by atoms with Gasteiger partial charge < -0.3 is 15.2 Å². The SMILES string of the molecule is COc1cc(C#N)ccc1CNC1(CO)CCc2ccccc21. The van der Waals surface area contributed by atoms with E-state index in [0.717, 1.165) is 18.4 Å². The summed E-state index contributed by atoms with van der Waals surface area (Å²) in [5, 5.41) is 22.5. The van der Waals surface area contributed by atoms with Gasteiger partial charge in [-0.1, -0.05) is 30.3 Å². The third-order valence-electron chi connectivity index (χ3n) is 4.66. The number of hydrogen-bond donors (Lipinski definition) is 2. The molecule has 4 nitrogen and oxygen atoms in total. The van der Waals surface area contributed by atoms with Crippen LogP contribution in [0.15, 0.2) is 42.5 Å². The molecule has 2 N–H and O–H groups in total. The Morgan fingerprint density at radius 2 is 2.13 bits per heavy atom. The summed E-state index contributed by atoms with van der Waals surface area (Å²) in [5.41, 5.74) is 3.61. The highest BCUT2D eigenvalue weighted by Gasteiger charge is 2.37. The minimum Gasteiger partial charge on any atom is -0.496 e. The number of nitrogens with one attached hydrogen (secondary N) is 1. The predicted molar refractivity (Wildman–Crippen MR) is 88.1 cm³/mol. The van der Waals surface area contributed by atoms with E-state index in [1.807, 2.05) is 18.2 Å². The van der Waals surface area contributed by atoms with Gasteiger partial charge in [-0.05, 0) is 36.1 Å². The number of aryl methyl sites for hydroxylation is 1. The zero-order valence-corrected chi connectivity index (χ0v) is 13.2. The number of aliphatic hydroxyl groups excluding tert-OH is 1. The van der Waals surface area contributed by atoms with Crippen molar-refractivity contribution in [3.63, 3.8) is 0 Å². The van der Waals surface area contributed by atoms with Gasteiger partial charge in [-0.15, -0.1) is 0 Å². The normalized spacial score (nSPS) is 19.2. The highest BCUT2D eigenvalue weighted by Crippen LogP contribution is 2.37. The van der Waals surface area contributed by atoms with Crippen LogP contribution in [0.3, 0.4) is 0 Å². The van der Waals surface area contributed by atoms with E-state index in [-0.39, 0.29) is 6.61 Å². The first-order chi connectivity index (χ1) is 11.2. The molecule has 4 heteroatoms. The number of fused-ring (bicyclic) bond motifs is 1. The van der Waals surface area contributed by atoms with Gasteiger partial charge in [0, 0.05) is 12.1 Å². The summed E-state index contributed by atoms with van der Waals surface area (Å²) in [4.78, 5) is 0. The molecule has 0 radical (unpaired) electrons. The van der Waals surface area contributed by atoms with Crippen LogP contribution >= 0.6 is 0 Å². The molecule has 0 saturated carbocycles. The van der Waals surface area contributed by atoms with E-state index in [2.05, 4.69) is 23.5 Å². The minimum absolute atomic E-state index is 0.0581. The van der Waals surface area contributed by atoms with E-state index in [4.69, 9.17) is 10.00 Å². The Hall–Kier alpha value is -2.35. The van der Waals surface area contributed by atoms with Crippen LogP contribution in [0.25, 0.3) is 0 Å². The Kier molecular flexibility index (Phi) is 4.33. The molecular formula is C19H20N2O2. The van der Waals surface area contributed by atoms with Crippen molar-refractivity contribution in [3.8, 4) is 11.8 Å². The zero-order chi connectivity index (χ0) is 16.3. The molecule has 1 aliphatic rings. The number of nitrogens with zero attached hydrogens (tertiary/aromatic N) is 1. The standard InChI is InChI=1S/C19H20N2O2/c1-23-18-10-14(11-20)6-7-16(18)12-21-19(13-22)9-8-15-4-2-3-5-17(15)19/h2-7,10,21-22H,8-9,12-13H2,1H3. The fourth-order valence-corrected chi connectivity index (χ4v) is 3.32. The molecule has 0 bridgehead atoms. The molecule has 23 heavy (non-hydrogen) atoms. The Morgan fingerprint density at radius 3 is 2.87 bits per heavy atom. The number of nitriles is 1. The Labute approximate surface area is 136 Å². The highest BCUT2D eigenvalue weighted by molar-refractivity contribution is 5.43. The fourth-order valence-electron chi connectivity index (χ4n) is 3.32. The van der Waals surface area contributed by atoms with Gasteiger partial charge in [-0.2, -0.15) is 5.26 Å². The number of rotatable bonds is 5. The largest absolute Gasteiger partial charge is 0.496 e. The van der Waals surface area contributed by atoms with Gasteiger partial charge in [-0.3, -0.25) is 0 Å². The van der Waals surface area contributed by atoms with Crippen molar-refractivity contribution in [1.82, 2.24) is 5.32 Å². The van der Waals surface area contributed by atoms with E-state index in [1.165, 1.54) is 11.1 Å². The summed E-state index contributed by atoms with van der Waals surface area (Å²) in [7, 11) is 1.60. The molecule has 3 rings (SSSR count). The number of hydrogen-bond acceptors (Lipinski definition) is 4.